The Hall–Kier alpha value is -0.900. The van der Waals surface area contributed by atoms with Crippen molar-refractivity contribution in [3.05, 3.63) is 11.6 Å². The van der Waals surface area contributed by atoms with Crippen LogP contribution in [0.3, 0.4) is 0 Å². The smallest absolute Gasteiger partial charge is 0.158 e. The van der Waals surface area contributed by atoms with Crippen LogP contribution in [-0.4, -0.2) is 19.9 Å². The van der Waals surface area contributed by atoms with Gasteiger partial charge in [-0.15, -0.1) is 10.2 Å². The summed E-state index contributed by atoms with van der Waals surface area (Å²) in [5, 5.41) is 17.6. The molecule has 1 aromatic rings. The SMILES string of the molecule is CCn1c(CO)nnc1C1CCCC1(C)C. The van der Waals surface area contributed by atoms with Crippen molar-refractivity contribution < 1.29 is 5.11 Å². The molecule has 0 aromatic carbocycles. The average Bonchev–Trinajstić information content (AvgIpc) is 2.79. The molecule has 2 rings (SSSR count). The zero-order chi connectivity index (χ0) is 11.8. The first-order valence-electron chi connectivity index (χ1n) is 6.13. The molecule has 1 aromatic heterocycles. The van der Waals surface area contributed by atoms with Crippen LogP contribution in [0.4, 0.5) is 0 Å². The highest BCUT2D eigenvalue weighted by molar-refractivity contribution is 5.09. The molecule has 1 N–H and O–H groups in total. The van der Waals surface area contributed by atoms with E-state index in [1.54, 1.807) is 0 Å². The van der Waals surface area contributed by atoms with Crippen LogP contribution in [0.2, 0.25) is 0 Å². The molecular weight excluding hydrogens is 202 g/mol. The molecule has 0 radical (unpaired) electrons. The lowest BCUT2D eigenvalue weighted by molar-refractivity contribution is 0.262. The lowest BCUT2D eigenvalue weighted by Crippen LogP contribution is -2.20. The van der Waals surface area contributed by atoms with Crippen LogP contribution in [0, 0.1) is 5.41 Å². The number of aliphatic hydroxyl groups is 1. The van der Waals surface area contributed by atoms with E-state index in [2.05, 4.69) is 35.5 Å². The number of aromatic nitrogens is 3. The van der Waals surface area contributed by atoms with Crippen molar-refractivity contribution >= 4 is 0 Å². The van der Waals surface area contributed by atoms with Gasteiger partial charge < -0.3 is 9.67 Å². The van der Waals surface area contributed by atoms with E-state index >= 15 is 0 Å². The molecule has 0 spiro atoms. The van der Waals surface area contributed by atoms with Crippen LogP contribution in [0.15, 0.2) is 0 Å². The second-order valence-electron chi connectivity index (χ2n) is 5.31. The molecule has 1 fully saturated rings. The third-order valence-corrected chi connectivity index (χ3v) is 3.88. The summed E-state index contributed by atoms with van der Waals surface area (Å²) < 4.78 is 2.07. The quantitative estimate of drug-likeness (QED) is 0.853. The largest absolute Gasteiger partial charge is 0.388 e. The highest BCUT2D eigenvalue weighted by atomic mass is 16.3. The van der Waals surface area contributed by atoms with Crippen LogP contribution < -0.4 is 0 Å². The molecule has 0 amide bonds. The summed E-state index contributed by atoms with van der Waals surface area (Å²) in [6, 6.07) is 0. The van der Waals surface area contributed by atoms with Crippen LogP contribution in [-0.2, 0) is 13.2 Å². The molecule has 0 aliphatic heterocycles. The van der Waals surface area contributed by atoms with Crippen LogP contribution in [0.1, 0.15) is 57.6 Å². The first-order chi connectivity index (χ1) is 7.60. The van der Waals surface area contributed by atoms with Crippen LogP contribution in [0.5, 0.6) is 0 Å². The number of nitrogens with zero attached hydrogens (tertiary/aromatic N) is 3. The van der Waals surface area contributed by atoms with Crippen molar-refractivity contribution in [3.63, 3.8) is 0 Å². The molecule has 1 aliphatic rings. The molecule has 1 atom stereocenters. The Morgan fingerprint density at radius 2 is 2.19 bits per heavy atom. The molecule has 90 valence electrons. The number of hydrogen-bond donors (Lipinski definition) is 1. The van der Waals surface area contributed by atoms with Gasteiger partial charge in [-0.1, -0.05) is 20.3 Å². The molecule has 4 nitrogen and oxygen atoms in total. The van der Waals surface area contributed by atoms with Gasteiger partial charge in [-0.2, -0.15) is 0 Å². The van der Waals surface area contributed by atoms with Gasteiger partial charge in [0.15, 0.2) is 5.82 Å². The maximum Gasteiger partial charge on any atom is 0.158 e. The van der Waals surface area contributed by atoms with Gasteiger partial charge in [0, 0.05) is 12.5 Å². The van der Waals surface area contributed by atoms with Crippen molar-refractivity contribution in [2.45, 2.75) is 59.1 Å². The minimum atomic E-state index is -0.0199. The Kier molecular flexibility index (Phi) is 3.02. The molecule has 0 saturated heterocycles. The standard InChI is InChI=1S/C12H21N3O/c1-4-15-10(8-16)13-14-11(15)9-6-5-7-12(9,2)3/h9,16H,4-8H2,1-3H3. The maximum absolute atomic E-state index is 9.21. The van der Waals surface area contributed by atoms with E-state index in [-0.39, 0.29) is 6.61 Å². The minimum absolute atomic E-state index is 0.0199. The predicted molar refractivity (Wildman–Crippen MR) is 62.0 cm³/mol. The maximum atomic E-state index is 9.21. The molecule has 1 saturated carbocycles. The number of hydrogen-bond acceptors (Lipinski definition) is 3. The predicted octanol–water partition coefficient (Wildman–Crippen LogP) is 2.08. The van der Waals surface area contributed by atoms with Crippen molar-refractivity contribution in [3.8, 4) is 0 Å². The summed E-state index contributed by atoms with van der Waals surface area (Å²) in [7, 11) is 0. The van der Waals surface area contributed by atoms with Gasteiger partial charge in [0.2, 0.25) is 0 Å². The van der Waals surface area contributed by atoms with Gasteiger partial charge in [-0.05, 0) is 25.2 Å². The Morgan fingerprint density at radius 1 is 1.44 bits per heavy atom. The summed E-state index contributed by atoms with van der Waals surface area (Å²) in [6.45, 7) is 7.50. The Morgan fingerprint density at radius 3 is 2.69 bits per heavy atom. The summed E-state index contributed by atoms with van der Waals surface area (Å²) in [4.78, 5) is 0. The second-order valence-corrected chi connectivity index (χ2v) is 5.31. The van der Waals surface area contributed by atoms with Gasteiger partial charge in [-0.3, -0.25) is 0 Å². The van der Waals surface area contributed by atoms with E-state index in [0.717, 1.165) is 12.4 Å². The highest BCUT2D eigenvalue weighted by Crippen LogP contribution is 2.48. The molecule has 16 heavy (non-hydrogen) atoms. The van der Waals surface area contributed by atoms with Gasteiger partial charge in [0.25, 0.3) is 0 Å². The lowest BCUT2D eigenvalue weighted by atomic mass is 9.81. The minimum Gasteiger partial charge on any atom is -0.388 e. The molecule has 1 unspecified atom stereocenters. The zero-order valence-corrected chi connectivity index (χ0v) is 10.4. The van der Waals surface area contributed by atoms with Gasteiger partial charge in [0.05, 0.1) is 0 Å². The van der Waals surface area contributed by atoms with Crippen molar-refractivity contribution in [1.29, 1.82) is 0 Å². The third-order valence-electron chi connectivity index (χ3n) is 3.88. The first kappa shape index (κ1) is 11.6. The van der Waals surface area contributed by atoms with Crippen molar-refractivity contribution in [2.75, 3.05) is 0 Å². The number of aliphatic hydroxyl groups excluding tert-OH is 1. The zero-order valence-electron chi connectivity index (χ0n) is 10.4. The van der Waals surface area contributed by atoms with Crippen LogP contribution >= 0.6 is 0 Å². The fourth-order valence-electron chi connectivity index (χ4n) is 2.87. The van der Waals surface area contributed by atoms with Gasteiger partial charge in [-0.25, -0.2) is 0 Å². The summed E-state index contributed by atoms with van der Waals surface area (Å²) in [5.41, 5.74) is 0.312. The van der Waals surface area contributed by atoms with E-state index in [4.69, 9.17) is 0 Å². The Bertz CT molecular complexity index is 370. The van der Waals surface area contributed by atoms with E-state index < -0.39 is 0 Å². The fourth-order valence-corrected chi connectivity index (χ4v) is 2.87. The fraction of sp³-hybridized carbons (Fsp3) is 0.833. The average molecular weight is 223 g/mol. The van der Waals surface area contributed by atoms with E-state index in [9.17, 15) is 5.11 Å². The summed E-state index contributed by atoms with van der Waals surface area (Å²) in [5.74, 6) is 2.24. The molecule has 1 heterocycles. The van der Waals surface area contributed by atoms with Gasteiger partial charge >= 0.3 is 0 Å². The topological polar surface area (TPSA) is 50.9 Å². The summed E-state index contributed by atoms with van der Waals surface area (Å²) >= 11 is 0. The normalized spacial score (nSPS) is 23.9. The molecule has 1 aliphatic carbocycles. The van der Waals surface area contributed by atoms with Crippen molar-refractivity contribution in [1.82, 2.24) is 14.8 Å². The highest BCUT2D eigenvalue weighted by Gasteiger charge is 2.38. The van der Waals surface area contributed by atoms with Crippen molar-refractivity contribution in [2.24, 2.45) is 5.41 Å². The lowest BCUT2D eigenvalue weighted by Gasteiger charge is -2.26. The van der Waals surface area contributed by atoms with Gasteiger partial charge in [0.1, 0.15) is 12.4 Å². The Balaban J connectivity index is 2.36. The van der Waals surface area contributed by atoms with E-state index in [0.29, 0.717) is 17.2 Å². The van der Waals surface area contributed by atoms with Crippen LogP contribution in [0.25, 0.3) is 0 Å². The van der Waals surface area contributed by atoms with E-state index in [1.165, 1.54) is 19.3 Å². The van der Waals surface area contributed by atoms with E-state index in [1.807, 2.05) is 0 Å². The third kappa shape index (κ3) is 1.75. The monoisotopic (exact) mass is 223 g/mol. The Labute approximate surface area is 96.7 Å². The molecule has 0 bridgehead atoms. The number of rotatable bonds is 3. The second kappa shape index (κ2) is 4.17. The molecule has 4 heteroatoms. The summed E-state index contributed by atoms with van der Waals surface area (Å²) in [6.07, 6.45) is 3.71. The first-order valence-corrected chi connectivity index (χ1v) is 6.13. The molecular formula is C12H21N3O.